The number of halogens is 1. The van der Waals surface area contributed by atoms with E-state index in [0.717, 1.165) is 18.2 Å². The Bertz CT molecular complexity index is 702. The van der Waals surface area contributed by atoms with Crippen LogP contribution >= 0.6 is 0 Å². The summed E-state index contributed by atoms with van der Waals surface area (Å²) in [5.74, 6) is -0.714. The minimum atomic E-state index is -0.714. The lowest BCUT2D eigenvalue weighted by Crippen LogP contribution is -1.89. The highest BCUT2D eigenvalue weighted by Crippen LogP contribution is 2.29. The summed E-state index contributed by atoms with van der Waals surface area (Å²) >= 11 is 0. The summed E-state index contributed by atoms with van der Waals surface area (Å²) in [5, 5.41) is 18.0. The highest BCUT2D eigenvalue weighted by atomic mass is 19.1. The Balaban J connectivity index is 2.35. The molecule has 0 spiro atoms. The predicted octanol–water partition coefficient (Wildman–Crippen LogP) is 3.31. The number of nitrogen functional groups attached to an aromatic ring is 2. The molecule has 0 heterocycles. The summed E-state index contributed by atoms with van der Waals surface area (Å²) in [4.78, 5) is 9.96. The van der Waals surface area contributed by atoms with Crippen molar-refractivity contribution in [3.05, 3.63) is 52.3 Å². The third-order valence-electron chi connectivity index (χ3n) is 2.46. The minimum Gasteiger partial charge on any atom is -0.399 e. The molecule has 0 bridgehead atoms. The Kier molecular flexibility index (Phi) is 3.56. The van der Waals surface area contributed by atoms with Gasteiger partial charge in [0.2, 0.25) is 0 Å². The first-order valence-electron chi connectivity index (χ1n) is 5.48. The molecule has 0 unspecified atom stereocenters. The zero-order valence-electron chi connectivity index (χ0n) is 10.2. The van der Waals surface area contributed by atoms with Crippen LogP contribution < -0.4 is 11.5 Å². The Labute approximate surface area is 112 Å². The second-order valence-electron chi connectivity index (χ2n) is 3.91. The van der Waals surface area contributed by atoms with Gasteiger partial charge in [0.1, 0.15) is 11.4 Å². The van der Waals surface area contributed by atoms with Crippen LogP contribution in [0.5, 0.6) is 0 Å². The molecule has 20 heavy (non-hydrogen) atoms. The summed E-state index contributed by atoms with van der Waals surface area (Å²) in [7, 11) is 0. The average Bonchev–Trinajstić information content (AvgIpc) is 2.39. The highest BCUT2D eigenvalue weighted by Gasteiger charge is 2.10. The van der Waals surface area contributed by atoms with Crippen molar-refractivity contribution in [1.29, 1.82) is 0 Å². The molecular formula is C12H10FN5O2. The van der Waals surface area contributed by atoms with E-state index in [0.29, 0.717) is 11.4 Å². The van der Waals surface area contributed by atoms with Gasteiger partial charge in [0, 0.05) is 17.8 Å². The fourth-order valence-corrected chi connectivity index (χ4v) is 1.46. The zero-order valence-corrected chi connectivity index (χ0v) is 10.2. The van der Waals surface area contributed by atoms with Crippen LogP contribution in [0.25, 0.3) is 0 Å². The van der Waals surface area contributed by atoms with Crippen molar-refractivity contribution in [1.82, 2.24) is 0 Å². The standard InChI is InChI=1S/C12H10FN5O2/c13-9-3-2-8(18(19)20)6-12(9)17-16-11-4-1-7(14)5-10(11)15/h1-6H,14-15H2. The summed E-state index contributed by atoms with van der Waals surface area (Å²) in [5.41, 5.74) is 11.7. The quantitative estimate of drug-likeness (QED) is 0.386. The van der Waals surface area contributed by atoms with Crippen molar-refractivity contribution in [3.63, 3.8) is 0 Å². The number of azo groups is 1. The monoisotopic (exact) mass is 275 g/mol. The molecule has 0 amide bonds. The van der Waals surface area contributed by atoms with Crippen molar-refractivity contribution in [2.45, 2.75) is 0 Å². The molecule has 0 aromatic heterocycles. The summed E-state index contributed by atoms with van der Waals surface area (Å²) in [6.45, 7) is 0. The van der Waals surface area contributed by atoms with Crippen molar-refractivity contribution in [3.8, 4) is 0 Å². The Hall–Kier alpha value is -3.03. The molecule has 2 aromatic rings. The number of anilines is 2. The van der Waals surface area contributed by atoms with Crippen molar-refractivity contribution in [2.75, 3.05) is 11.5 Å². The maximum Gasteiger partial charge on any atom is 0.271 e. The van der Waals surface area contributed by atoms with E-state index < -0.39 is 10.7 Å². The number of benzene rings is 2. The molecule has 8 heteroatoms. The van der Waals surface area contributed by atoms with Gasteiger partial charge in [0.05, 0.1) is 10.6 Å². The SMILES string of the molecule is Nc1ccc(N=Nc2cc([N+](=O)[O-])ccc2F)c(N)c1. The molecular weight excluding hydrogens is 265 g/mol. The fraction of sp³-hybridized carbons (Fsp3) is 0. The summed E-state index contributed by atoms with van der Waals surface area (Å²) in [6.07, 6.45) is 0. The molecule has 102 valence electrons. The third kappa shape index (κ3) is 2.86. The molecule has 2 rings (SSSR count). The Morgan fingerprint density at radius 3 is 2.40 bits per heavy atom. The number of nitrogens with two attached hydrogens (primary N) is 2. The van der Waals surface area contributed by atoms with Crippen LogP contribution in [0.1, 0.15) is 0 Å². The lowest BCUT2D eigenvalue weighted by Gasteiger charge is -2.00. The maximum absolute atomic E-state index is 13.5. The lowest BCUT2D eigenvalue weighted by atomic mass is 10.2. The van der Waals surface area contributed by atoms with Gasteiger partial charge in [0.15, 0.2) is 5.82 Å². The third-order valence-corrected chi connectivity index (χ3v) is 2.46. The van der Waals surface area contributed by atoms with E-state index >= 15 is 0 Å². The van der Waals surface area contributed by atoms with E-state index in [-0.39, 0.29) is 17.1 Å². The van der Waals surface area contributed by atoms with Gasteiger partial charge in [0.25, 0.3) is 5.69 Å². The molecule has 0 saturated carbocycles. The maximum atomic E-state index is 13.5. The van der Waals surface area contributed by atoms with Gasteiger partial charge < -0.3 is 11.5 Å². The number of rotatable bonds is 3. The highest BCUT2D eigenvalue weighted by molar-refractivity contribution is 5.67. The Morgan fingerprint density at radius 2 is 1.75 bits per heavy atom. The van der Waals surface area contributed by atoms with Crippen molar-refractivity contribution < 1.29 is 9.31 Å². The van der Waals surface area contributed by atoms with Gasteiger partial charge in [-0.3, -0.25) is 10.1 Å². The van der Waals surface area contributed by atoms with Gasteiger partial charge in [-0.2, -0.15) is 0 Å². The minimum absolute atomic E-state index is 0.240. The summed E-state index contributed by atoms with van der Waals surface area (Å²) in [6, 6.07) is 7.56. The molecule has 7 nitrogen and oxygen atoms in total. The molecule has 0 fully saturated rings. The van der Waals surface area contributed by atoms with Crippen LogP contribution in [0.15, 0.2) is 46.6 Å². The number of non-ortho nitro benzene ring substituents is 1. The average molecular weight is 275 g/mol. The molecule has 0 radical (unpaired) electrons. The second-order valence-corrected chi connectivity index (χ2v) is 3.91. The first kappa shape index (κ1) is 13.4. The number of nitro benzene ring substituents is 1. The van der Waals surface area contributed by atoms with Crippen LogP contribution in [0, 0.1) is 15.9 Å². The van der Waals surface area contributed by atoms with Gasteiger partial charge in [-0.15, -0.1) is 10.2 Å². The topological polar surface area (TPSA) is 120 Å². The Morgan fingerprint density at radius 1 is 1.05 bits per heavy atom. The molecule has 4 N–H and O–H groups in total. The summed E-state index contributed by atoms with van der Waals surface area (Å²) < 4.78 is 13.5. The van der Waals surface area contributed by atoms with E-state index in [2.05, 4.69) is 10.2 Å². The van der Waals surface area contributed by atoms with Crippen LogP contribution in [-0.2, 0) is 0 Å². The van der Waals surface area contributed by atoms with Gasteiger partial charge in [-0.1, -0.05) is 0 Å². The van der Waals surface area contributed by atoms with E-state index in [9.17, 15) is 14.5 Å². The van der Waals surface area contributed by atoms with Crippen LogP contribution in [0.3, 0.4) is 0 Å². The van der Waals surface area contributed by atoms with Crippen molar-refractivity contribution >= 4 is 28.4 Å². The van der Waals surface area contributed by atoms with Crippen LogP contribution in [0.4, 0.5) is 32.8 Å². The molecule has 0 atom stereocenters. The first-order valence-corrected chi connectivity index (χ1v) is 5.48. The number of hydrogen-bond acceptors (Lipinski definition) is 6. The number of nitro groups is 1. The smallest absolute Gasteiger partial charge is 0.271 e. The normalized spacial score (nSPS) is 10.8. The fourth-order valence-electron chi connectivity index (χ4n) is 1.46. The van der Waals surface area contributed by atoms with Crippen LogP contribution in [-0.4, -0.2) is 4.92 Å². The van der Waals surface area contributed by atoms with Crippen LogP contribution in [0.2, 0.25) is 0 Å². The molecule has 0 aliphatic heterocycles. The van der Waals surface area contributed by atoms with E-state index in [1.165, 1.54) is 12.1 Å². The molecule has 0 saturated heterocycles. The van der Waals surface area contributed by atoms with Gasteiger partial charge in [-0.25, -0.2) is 4.39 Å². The van der Waals surface area contributed by atoms with E-state index in [4.69, 9.17) is 11.5 Å². The first-order chi connectivity index (χ1) is 9.47. The van der Waals surface area contributed by atoms with Crippen molar-refractivity contribution in [2.24, 2.45) is 10.2 Å². The van der Waals surface area contributed by atoms with Gasteiger partial charge in [-0.05, 0) is 24.3 Å². The predicted molar refractivity (Wildman–Crippen MR) is 72.5 cm³/mol. The molecule has 0 aliphatic rings. The zero-order chi connectivity index (χ0) is 14.7. The number of nitrogens with zero attached hydrogens (tertiary/aromatic N) is 3. The second kappa shape index (κ2) is 5.31. The molecule has 0 aliphatic carbocycles. The van der Waals surface area contributed by atoms with Gasteiger partial charge >= 0.3 is 0 Å². The largest absolute Gasteiger partial charge is 0.399 e. The lowest BCUT2D eigenvalue weighted by molar-refractivity contribution is -0.384. The van der Waals surface area contributed by atoms with E-state index in [1.807, 2.05) is 0 Å². The number of hydrogen-bond donors (Lipinski definition) is 2. The molecule has 2 aromatic carbocycles. The van der Waals surface area contributed by atoms with E-state index in [1.54, 1.807) is 6.07 Å².